The molecule has 10 nitrogen and oxygen atoms in total. The van der Waals surface area contributed by atoms with E-state index in [0.29, 0.717) is 20.2 Å². The Morgan fingerprint density at radius 3 is 2.45 bits per heavy atom. The number of nitrogens with two attached hydrogens (primary N) is 1. The van der Waals surface area contributed by atoms with Crippen LogP contribution in [0, 0.1) is 5.41 Å². The van der Waals surface area contributed by atoms with Crippen LogP contribution in [0.15, 0.2) is 24.3 Å². The summed E-state index contributed by atoms with van der Waals surface area (Å²) in [7, 11) is 2.20. The Balaban J connectivity index is 2.57. The average Bonchev–Trinajstić information content (AvgIpc) is 2.66. The highest BCUT2D eigenvalue weighted by Crippen LogP contribution is 2.18. The fourth-order valence-electron chi connectivity index (χ4n) is 2.10. The fourth-order valence-corrected chi connectivity index (χ4v) is 2.58. The molecule has 1 amide bonds. The number of rotatable bonds is 9. The van der Waals surface area contributed by atoms with Gasteiger partial charge >= 0.3 is 11.9 Å². The van der Waals surface area contributed by atoms with E-state index in [0.717, 1.165) is 0 Å². The standard InChI is InChI=1S/C17H27N5O5P2/c1-17(2,21-13(23)9-8-12(18)14(24)27-28)15(25)26-11-6-4-10(5-7-11)20-16(19)22-29-3/h4-7,12,29H,8-9,18,28H2,1-3H3,(H,21,23)(H3,19,20,22). The van der Waals surface area contributed by atoms with Gasteiger partial charge in [-0.2, -0.15) is 0 Å². The molecule has 3 atom stereocenters. The quantitative estimate of drug-likeness (QED) is 0.125. The molecular formula is C17H27N5O5P2. The number of carbonyl (C=O) groups excluding carboxylic acids is 3. The minimum absolute atomic E-state index is 0.0453. The van der Waals surface area contributed by atoms with Gasteiger partial charge in [-0.15, -0.1) is 0 Å². The molecule has 0 aliphatic heterocycles. The van der Waals surface area contributed by atoms with Crippen LogP contribution >= 0.6 is 18.2 Å². The minimum atomic E-state index is -1.28. The van der Waals surface area contributed by atoms with Gasteiger partial charge in [-0.3, -0.25) is 15.0 Å². The Hall–Kier alpha value is -2.28. The number of hydrogen-bond acceptors (Lipinski definition) is 7. The lowest BCUT2D eigenvalue weighted by Gasteiger charge is -2.24. The molecule has 0 radical (unpaired) electrons. The van der Waals surface area contributed by atoms with Crippen LogP contribution in [0.1, 0.15) is 26.7 Å². The molecule has 0 saturated heterocycles. The summed E-state index contributed by atoms with van der Waals surface area (Å²) < 4.78 is 9.74. The van der Waals surface area contributed by atoms with Gasteiger partial charge in [0, 0.05) is 12.1 Å². The molecule has 6 N–H and O–H groups in total. The molecule has 29 heavy (non-hydrogen) atoms. The van der Waals surface area contributed by atoms with Gasteiger partial charge in [-0.25, -0.2) is 4.79 Å². The van der Waals surface area contributed by atoms with Crippen LogP contribution in [0.5, 0.6) is 5.75 Å². The molecule has 0 aliphatic carbocycles. The molecule has 0 fully saturated rings. The molecule has 160 valence electrons. The van der Waals surface area contributed by atoms with Crippen molar-refractivity contribution in [3.63, 3.8) is 0 Å². The smallest absolute Gasteiger partial charge is 0.336 e. The normalized spacial score (nSPS) is 12.2. The van der Waals surface area contributed by atoms with Crippen LogP contribution in [-0.2, 0) is 18.9 Å². The molecule has 1 rings (SSSR count). The second-order valence-electron chi connectivity index (χ2n) is 6.54. The number of benzene rings is 1. The van der Waals surface area contributed by atoms with E-state index in [1.807, 2.05) is 6.66 Å². The van der Waals surface area contributed by atoms with Gasteiger partial charge in [0.2, 0.25) is 5.91 Å². The second kappa shape index (κ2) is 11.7. The van der Waals surface area contributed by atoms with Gasteiger partial charge in [0.05, 0.1) is 9.47 Å². The van der Waals surface area contributed by atoms with Crippen LogP contribution < -0.4 is 26.2 Å². The average molecular weight is 443 g/mol. The number of carbonyl (C=O) groups is 3. The zero-order valence-corrected chi connectivity index (χ0v) is 18.7. The molecule has 0 saturated carbocycles. The lowest BCUT2D eigenvalue weighted by Crippen LogP contribution is -2.52. The van der Waals surface area contributed by atoms with Crippen LogP contribution in [0.2, 0.25) is 0 Å². The van der Waals surface area contributed by atoms with Gasteiger partial charge < -0.3 is 30.7 Å². The van der Waals surface area contributed by atoms with Gasteiger partial charge in [0.1, 0.15) is 17.3 Å². The summed E-state index contributed by atoms with van der Waals surface area (Å²) in [6, 6.07) is 5.56. The maximum Gasteiger partial charge on any atom is 0.336 e. The molecule has 1 aromatic carbocycles. The number of nitrogens with one attached hydrogen (secondary N) is 4. The van der Waals surface area contributed by atoms with Crippen LogP contribution in [0.25, 0.3) is 0 Å². The third-order valence-corrected chi connectivity index (χ3v) is 4.38. The first-order valence-electron chi connectivity index (χ1n) is 8.67. The summed E-state index contributed by atoms with van der Waals surface area (Å²) in [6.07, 6.45) is 0.0391. The van der Waals surface area contributed by atoms with E-state index in [1.54, 1.807) is 33.7 Å². The van der Waals surface area contributed by atoms with Crippen molar-refractivity contribution in [2.24, 2.45) is 5.73 Å². The highest BCUT2D eigenvalue weighted by Gasteiger charge is 2.32. The summed E-state index contributed by atoms with van der Waals surface area (Å²) in [6.45, 7) is 4.93. The third-order valence-electron chi connectivity index (χ3n) is 3.65. The summed E-state index contributed by atoms with van der Waals surface area (Å²) in [5, 5.41) is 15.9. The van der Waals surface area contributed by atoms with Crippen molar-refractivity contribution in [1.29, 1.82) is 5.41 Å². The summed E-state index contributed by atoms with van der Waals surface area (Å²) >= 11 is 0. The Morgan fingerprint density at radius 1 is 1.28 bits per heavy atom. The Labute approximate surface area is 173 Å². The van der Waals surface area contributed by atoms with E-state index in [2.05, 4.69) is 20.2 Å². The van der Waals surface area contributed by atoms with E-state index in [4.69, 9.17) is 15.9 Å². The minimum Gasteiger partial charge on any atom is -0.450 e. The van der Waals surface area contributed by atoms with E-state index in [-0.39, 0.29) is 18.8 Å². The topological polar surface area (TPSA) is 156 Å². The van der Waals surface area contributed by atoms with Crippen LogP contribution in [0.3, 0.4) is 0 Å². The van der Waals surface area contributed by atoms with E-state index in [1.165, 1.54) is 13.8 Å². The molecule has 1 aromatic rings. The molecule has 12 heteroatoms. The van der Waals surface area contributed by atoms with Crippen molar-refractivity contribution in [2.45, 2.75) is 38.3 Å². The molecular weight excluding hydrogens is 416 g/mol. The van der Waals surface area contributed by atoms with E-state index in [9.17, 15) is 14.4 Å². The molecule has 0 aliphatic rings. The third kappa shape index (κ3) is 8.73. The molecule has 0 heterocycles. The van der Waals surface area contributed by atoms with Crippen molar-refractivity contribution in [3.8, 4) is 5.75 Å². The largest absolute Gasteiger partial charge is 0.450 e. The summed E-state index contributed by atoms with van der Waals surface area (Å²) in [5.41, 5.74) is 4.96. The number of anilines is 1. The summed E-state index contributed by atoms with van der Waals surface area (Å²) in [4.78, 5) is 35.7. The maximum absolute atomic E-state index is 12.4. The monoisotopic (exact) mass is 443 g/mol. The van der Waals surface area contributed by atoms with Crippen molar-refractivity contribution in [3.05, 3.63) is 24.3 Å². The maximum atomic E-state index is 12.4. The lowest BCUT2D eigenvalue weighted by atomic mass is 10.0. The molecule has 3 unspecified atom stereocenters. The zero-order chi connectivity index (χ0) is 22.0. The van der Waals surface area contributed by atoms with Crippen molar-refractivity contribution in [2.75, 3.05) is 12.0 Å². The van der Waals surface area contributed by atoms with Gasteiger partial charge in [0.15, 0.2) is 5.96 Å². The second-order valence-corrected chi connectivity index (χ2v) is 7.53. The Kier molecular flexibility index (Phi) is 9.95. The van der Waals surface area contributed by atoms with E-state index < -0.39 is 29.4 Å². The van der Waals surface area contributed by atoms with Gasteiger partial charge in [-0.05, 0) is 59.9 Å². The van der Waals surface area contributed by atoms with Crippen LogP contribution in [-0.4, -0.2) is 42.1 Å². The number of hydrogen-bond donors (Lipinski definition) is 5. The van der Waals surface area contributed by atoms with Crippen molar-refractivity contribution >= 4 is 47.7 Å². The van der Waals surface area contributed by atoms with E-state index >= 15 is 0 Å². The zero-order valence-electron chi connectivity index (χ0n) is 16.5. The molecule has 0 bridgehead atoms. The first-order chi connectivity index (χ1) is 13.6. The Morgan fingerprint density at radius 2 is 1.90 bits per heavy atom. The number of amides is 1. The van der Waals surface area contributed by atoms with Crippen LogP contribution in [0.4, 0.5) is 5.69 Å². The van der Waals surface area contributed by atoms with Crippen molar-refractivity contribution < 1.29 is 23.6 Å². The fraction of sp³-hybridized carbons (Fsp3) is 0.412. The predicted molar refractivity (Wildman–Crippen MR) is 116 cm³/mol. The first-order valence-corrected chi connectivity index (χ1v) is 10.6. The molecule has 0 spiro atoms. The SMILES string of the molecule is CPNC(=N)Nc1ccc(OC(=O)C(C)(C)NC(=O)CCC(N)C(=O)OP)cc1. The highest BCUT2D eigenvalue weighted by molar-refractivity contribution is 7.35. The predicted octanol–water partition coefficient (Wildman–Crippen LogP) is 1.09. The Bertz CT molecular complexity index is 742. The number of ether oxygens (including phenoxy) is 1. The summed E-state index contributed by atoms with van der Waals surface area (Å²) in [5.74, 6) is -1.27. The van der Waals surface area contributed by atoms with Crippen molar-refractivity contribution in [1.82, 2.24) is 10.4 Å². The highest BCUT2D eigenvalue weighted by atomic mass is 31.1. The first kappa shape index (κ1) is 24.8. The van der Waals surface area contributed by atoms with Gasteiger partial charge in [-0.1, -0.05) is 0 Å². The lowest BCUT2D eigenvalue weighted by molar-refractivity contribution is -0.143. The number of esters is 1. The van der Waals surface area contributed by atoms with Gasteiger partial charge in [0.25, 0.3) is 0 Å². The molecule has 0 aromatic heterocycles. The number of guanidine groups is 1.